The first-order valence-corrected chi connectivity index (χ1v) is 6.15. The first-order chi connectivity index (χ1) is 7.67. The van der Waals surface area contributed by atoms with Crippen LogP contribution in [0.2, 0.25) is 0 Å². The molecular formula is C14H22FN. The maximum Gasteiger partial charge on any atom is 0.123 e. The lowest BCUT2D eigenvalue weighted by Gasteiger charge is -2.17. The standard InChI is InChI=1S/C14H22FN/c1-4-8-16-14(5-2)10-12-6-7-13(15)9-11(12)3/h6-7,9,14,16H,4-5,8,10H2,1-3H3. The van der Waals surface area contributed by atoms with Gasteiger partial charge in [0, 0.05) is 6.04 Å². The van der Waals surface area contributed by atoms with Crippen LogP contribution in [0.25, 0.3) is 0 Å². The number of benzene rings is 1. The van der Waals surface area contributed by atoms with Crippen LogP contribution < -0.4 is 5.32 Å². The molecule has 1 rings (SSSR count). The van der Waals surface area contributed by atoms with E-state index in [1.54, 1.807) is 12.1 Å². The van der Waals surface area contributed by atoms with Gasteiger partial charge < -0.3 is 5.32 Å². The van der Waals surface area contributed by atoms with E-state index in [4.69, 9.17) is 0 Å². The molecule has 1 N–H and O–H groups in total. The molecule has 0 spiro atoms. The Kier molecular flexibility index (Phi) is 5.47. The Morgan fingerprint density at radius 3 is 2.62 bits per heavy atom. The second-order valence-electron chi connectivity index (χ2n) is 4.33. The van der Waals surface area contributed by atoms with Gasteiger partial charge in [0.25, 0.3) is 0 Å². The smallest absolute Gasteiger partial charge is 0.123 e. The van der Waals surface area contributed by atoms with Gasteiger partial charge in [0.05, 0.1) is 0 Å². The second kappa shape index (κ2) is 6.64. The van der Waals surface area contributed by atoms with Crippen LogP contribution in [0.5, 0.6) is 0 Å². The molecule has 0 amide bonds. The maximum atomic E-state index is 13.0. The summed E-state index contributed by atoms with van der Waals surface area (Å²) in [4.78, 5) is 0. The third kappa shape index (κ3) is 3.93. The molecule has 0 aliphatic carbocycles. The highest BCUT2D eigenvalue weighted by molar-refractivity contribution is 5.27. The van der Waals surface area contributed by atoms with E-state index in [1.807, 2.05) is 13.0 Å². The largest absolute Gasteiger partial charge is 0.314 e. The van der Waals surface area contributed by atoms with Gasteiger partial charge in [-0.1, -0.05) is 19.9 Å². The molecule has 1 aromatic carbocycles. The Hall–Kier alpha value is -0.890. The molecule has 0 aliphatic rings. The first-order valence-electron chi connectivity index (χ1n) is 6.15. The number of hydrogen-bond acceptors (Lipinski definition) is 1. The van der Waals surface area contributed by atoms with Gasteiger partial charge in [-0.2, -0.15) is 0 Å². The zero-order chi connectivity index (χ0) is 12.0. The molecule has 0 radical (unpaired) electrons. The highest BCUT2D eigenvalue weighted by Crippen LogP contribution is 2.13. The molecule has 1 atom stereocenters. The normalized spacial score (nSPS) is 12.8. The molecule has 1 aromatic rings. The van der Waals surface area contributed by atoms with Crippen LogP contribution in [0.1, 0.15) is 37.8 Å². The minimum Gasteiger partial charge on any atom is -0.314 e. The fraction of sp³-hybridized carbons (Fsp3) is 0.571. The van der Waals surface area contributed by atoms with Crippen LogP contribution >= 0.6 is 0 Å². The molecule has 0 aliphatic heterocycles. The number of rotatable bonds is 6. The molecule has 0 heterocycles. The zero-order valence-corrected chi connectivity index (χ0v) is 10.5. The summed E-state index contributed by atoms with van der Waals surface area (Å²) >= 11 is 0. The summed E-state index contributed by atoms with van der Waals surface area (Å²) in [6.45, 7) is 7.39. The fourth-order valence-electron chi connectivity index (χ4n) is 1.86. The highest BCUT2D eigenvalue weighted by Gasteiger charge is 2.08. The fourth-order valence-corrected chi connectivity index (χ4v) is 1.86. The highest BCUT2D eigenvalue weighted by atomic mass is 19.1. The van der Waals surface area contributed by atoms with E-state index in [9.17, 15) is 4.39 Å². The van der Waals surface area contributed by atoms with Crippen molar-refractivity contribution in [3.05, 3.63) is 35.1 Å². The molecule has 2 heteroatoms. The zero-order valence-electron chi connectivity index (χ0n) is 10.5. The molecule has 1 nitrogen and oxygen atoms in total. The summed E-state index contributed by atoms with van der Waals surface area (Å²) in [7, 11) is 0. The van der Waals surface area contributed by atoms with E-state index in [2.05, 4.69) is 19.2 Å². The van der Waals surface area contributed by atoms with E-state index in [0.717, 1.165) is 31.4 Å². The van der Waals surface area contributed by atoms with Crippen molar-refractivity contribution >= 4 is 0 Å². The second-order valence-corrected chi connectivity index (χ2v) is 4.33. The molecule has 90 valence electrons. The lowest BCUT2D eigenvalue weighted by molar-refractivity contribution is 0.493. The van der Waals surface area contributed by atoms with Crippen molar-refractivity contribution in [2.45, 2.75) is 46.1 Å². The summed E-state index contributed by atoms with van der Waals surface area (Å²) < 4.78 is 13.0. The molecule has 0 fully saturated rings. The van der Waals surface area contributed by atoms with Crippen LogP contribution in [0.4, 0.5) is 4.39 Å². The van der Waals surface area contributed by atoms with Crippen LogP contribution in [-0.4, -0.2) is 12.6 Å². The van der Waals surface area contributed by atoms with Crippen molar-refractivity contribution in [1.29, 1.82) is 0 Å². The third-order valence-electron chi connectivity index (χ3n) is 2.95. The van der Waals surface area contributed by atoms with Gasteiger partial charge in [-0.15, -0.1) is 0 Å². The van der Waals surface area contributed by atoms with Crippen molar-refractivity contribution in [1.82, 2.24) is 5.32 Å². The van der Waals surface area contributed by atoms with E-state index >= 15 is 0 Å². The van der Waals surface area contributed by atoms with Gasteiger partial charge in [0.1, 0.15) is 5.82 Å². The van der Waals surface area contributed by atoms with Gasteiger partial charge in [0.2, 0.25) is 0 Å². The minimum atomic E-state index is -0.143. The van der Waals surface area contributed by atoms with E-state index in [0.29, 0.717) is 6.04 Å². The lowest BCUT2D eigenvalue weighted by Crippen LogP contribution is -2.31. The van der Waals surface area contributed by atoms with Crippen LogP contribution in [0.3, 0.4) is 0 Å². The monoisotopic (exact) mass is 223 g/mol. The van der Waals surface area contributed by atoms with Crippen LogP contribution in [0, 0.1) is 12.7 Å². The summed E-state index contributed by atoms with van der Waals surface area (Å²) in [5.74, 6) is -0.143. The average Bonchev–Trinajstić information content (AvgIpc) is 2.27. The van der Waals surface area contributed by atoms with Crippen molar-refractivity contribution in [3.8, 4) is 0 Å². The molecule has 0 bridgehead atoms. The Morgan fingerprint density at radius 2 is 2.06 bits per heavy atom. The number of hydrogen-bond donors (Lipinski definition) is 1. The molecule has 0 saturated carbocycles. The Bertz CT molecular complexity index is 323. The predicted octanol–water partition coefficient (Wildman–Crippen LogP) is 3.45. The molecule has 0 aromatic heterocycles. The summed E-state index contributed by atoms with van der Waals surface area (Å²) in [6, 6.07) is 5.57. The maximum absolute atomic E-state index is 13.0. The van der Waals surface area contributed by atoms with Gasteiger partial charge >= 0.3 is 0 Å². The first kappa shape index (κ1) is 13.2. The summed E-state index contributed by atoms with van der Waals surface area (Å²) in [5, 5.41) is 3.52. The number of aryl methyl sites for hydroxylation is 1. The average molecular weight is 223 g/mol. The van der Waals surface area contributed by atoms with E-state index in [1.165, 1.54) is 5.56 Å². The Labute approximate surface area is 98.1 Å². The Morgan fingerprint density at radius 1 is 1.31 bits per heavy atom. The molecule has 1 unspecified atom stereocenters. The molecule has 0 saturated heterocycles. The van der Waals surface area contributed by atoms with Crippen molar-refractivity contribution in [3.63, 3.8) is 0 Å². The quantitative estimate of drug-likeness (QED) is 0.779. The van der Waals surface area contributed by atoms with Gasteiger partial charge in [-0.3, -0.25) is 0 Å². The number of nitrogens with one attached hydrogen (secondary N) is 1. The topological polar surface area (TPSA) is 12.0 Å². The van der Waals surface area contributed by atoms with Crippen LogP contribution in [0.15, 0.2) is 18.2 Å². The third-order valence-corrected chi connectivity index (χ3v) is 2.95. The SMILES string of the molecule is CCCNC(CC)Cc1ccc(F)cc1C. The Balaban J connectivity index is 2.62. The predicted molar refractivity (Wildman–Crippen MR) is 67.2 cm³/mol. The van der Waals surface area contributed by atoms with E-state index in [-0.39, 0.29) is 5.82 Å². The summed E-state index contributed by atoms with van der Waals surface area (Å²) in [6.07, 6.45) is 3.25. The lowest BCUT2D eigenvalue weighted by atomic mass is 9.99. The van der Waals surface area contributed by atoms with Crippen molar-refractivity contribution in [2.24, 2.45) is 0 Å². The van der Waals surface area contributed by atoms with Gasteiger partial charge in [-0.25, -0.2) is 4.39 Å². The van der Waals surface area contributed by atoms with E-state index < -0.39 is 0 Å². The minimum absolute atomic E-state index is 0.143. The van der Waals surface area contributed by atoms with Gasteiger partial charge in [-0.05, 0) is 56.0 Å². The van der Waals surface area contributed by atoms with Crippen molar-refractivity contribution < 1.29 is 4.39 Å². The van der Waals surface area contributed by atoms with Crippen molar-refractivity contribution in [2.75, 3.05) is 6.54 Å². The molecular weight excluding hydrogens is 201 g/mol. The number of halogens is 1. The van der Waals surface area contributed by atoms with Crippen LogP contribution in [-0.2, 0) is 6.42 Å². The molecule has 16 heavy (non-hydrogen) atoms. The summed E-state index contributed by atoms with van der Waals surface area (Å²) in [5.41, 5.74) is 2.30. The van der Waals surface area contributed by atoms with Gasteiger partial charge in [0.15, 0.2) is 0 Å².